The molecular formula is C25H33FN6O2. The van der Waals surface area contributed by atoms with Gasteiger partial charge in [0.15, 0.2) is 5.65 Å². The van der Waals surface area contributed by atoms with Gasteiger partial charge >= 0.3 is 0 Å². The Labute approximate surface area is 199 Å². The first-order valence-corrected chi connectivity index (χ1v) is 12.1. The largest absolute Gasteiger partial charge is 0.400 e. The molecular weight excluding hydrogens is 435 g/mol. The number of imidazole rings is 1. The number of para-hydroxylation sites is 1. The van der Waals surface area contributed by atoms with Crippen LogP contribution in [0.3, 0.4) is 0 Å². The molecule has 0 saturated heterocycles. The molecule has 0 bridgehead atoms. The normalized spacial score (nSPS) is 20.9. The second-order valence-corrected chi connectivity index (χ2v) is 9.00. The number of benzene rings is 1. The van der Waals surface area contributed by atoms with E-state index in [0.717, 1.165) is 57.6 Å². The third kappa shape index (κ3) is 5.35. The molecule has 0 spiro atoms. The molecule has 3 aromatic rings. The lowest BCUT2D eigenvalue weighted by molar-refractivity contribution is -0.112. The van der Waals surface area contributed by atoms with Crippen molar-refractivity contribution in [2.24, 2.45) is 5.92 Å². The average molecular weight is 469 g/mol. The van der Waals surface area contributed by atoms with E-state index in [9.17, 15) is 9.18 Å². The maximum atomic E-state index is 14.3. The molecule has 0 amide bonds. The number of anilines is 3. The highest BCUT2D eigenvalue weighted by atomic mass is 19.1. The Kier molecular flexibility index (Phi) is 8.05. The molecule has 0 radical (unpaired) electrons. The van der Waals surface area contributed by atoms with Gasteiger partial charge in [-0.1, -0.05) is 31.4 Å². The SMILES string of the molecule is CO.O=CC1CCC(n2c(Nc3ccccc3F)nc3cnc(NC4CCCCC4)nc32)CC1. The number of carbonyl (C=O) groups excluding carboxylic acids is 1. The van der Waals surface area contributed by atoms with E-state index in [1.54, 1.807) is 24.4 Å². The van der Waals surface area contributed by atoms with E-state index in [4.69, 9.17) is 15.1 Å². The predicted octanol–water partition coefficient (Wildman–Crippen LogP) is 4.99. The smallest absolute Gasteiger partial charge is 0.224 e. The lowest BCUT2D eigenvalue weighted by atomic mass is 9.87. The van der Waals surface area contributed by atoms with Crippen LogP contribution in [0.1, 0.15) is 63.8 Å². The standard InChI is InChI=1S/C24H29FN6O.CH4O/c25-19-8-4-5-9-20(19)28-24-29-21-14-26-23(27-17-6-2-1-3-7-17)30-22(21)31(24)18-12-10-16(15-32)11-13-18;1-2/h4-5,8-9,14-18H,1-3,6-7,10-13H2,(H,28,29)(H,26,27,30);2H,1H3. The highest BCUT2D eigenvalue weighted by Crippen LogP contribution is 2.36. The Hall–Kier alpha value is -3.07. The summed E-state index contributed by atoms with van der Waals surface area (Å²) in [4.78, 5) is 25.3. The number of halogens is 1. The van der Waals surface area contributed by atoms with E-state index in [-0.39, 0.29) is 17.8 Å². The van der Waals surface area contributed by atoms with Crippen molar-refractivity contribution in [2.45, 2.75) is 69.9 Å². The molecule has 2 aromatic heterocycles. The van der Waals surface area contributed by atoms with E-state index < -0.39 is 0 Å². The predicted molar refractivity (Wildman–Crippen MR) is 131 cm³/mol. The summed E-state index contributed by atoms with van der Waals surface area (Å²) >= 11 is 0. The Morgan fingerprint density at radius 1 is 1.03 bits per heavy atom. The summed E-state index contributed by atoms with van der Waals surface area (Å²) in [6, 6.07) is 7.12. The van der Waals surface area contributed by atoms with Gasteiger partial charge in [0.25, 0.3) is 0 Å². The minimum atomic E-state index is -0.332. The van der Waals surface area contributed by atoms with E-state index in [0.29, 0.717) is 29.1 Å². The molecule has 8 nitrogen and oxygen atoms in total. The quantitative estimate of drug-likeness (QED) is 0.438. The van der Waals surface area contributed by atoms with Crippen molar-refractivity contribution in [2.75, 3.05) is 17.7 Å². The van der Waals surface area contributed by atoms with Gasteiger partial charge in [0.2, 0.25) is 11.9 Å². The zero-order valence-electron chi connectivity index (χ0n) is 19.6. The Morgan fingerprint density at radius 2 is 1.76 bits per heavy atom. The molecule has 3 N–H and O–H groups in total. The van der Waals surface area contributed by atoms with Gasteiger partial charge < -0.3 is 20.5 Å². The molecule has 182 valence electrons. The van der Waals surface area contributed by atoms with Gasteiger partial charge in [-0.05, 0) is 50.7 Å². The zero-order chi connectivity index (χ0) is 23.9. The van der Waals surface area contributed by atoms with Crippen LogP contribution in [0.25, 0.3) is 11.2 Å². The number of aldehydes is 1. The highest BCUT2D eigenvalue weighted by Gasteiger charge is 2.27. The molecule has 2 saturated carbocycles. The van der Waals surface area contributed by atoms with E-state index in [1.165, 1.54) is 25.3 Å². The topological polar surface area (TPSA) is 105 Å². The van der Waals surface area contributed by atoms with Gasteiger partial charge in [0, 0.05) is 25.1 Å². The molecule has 34 heavy (non-hydrogen) atoms. The van der Waals surface area contributed by atoms with Gasteiger partial charge in [-0.2, -0.15) is 4.98 Å². The fourth-order valence-electron chi connectivity index (χ4n) is 5.00. The first-order chi connectivity index (χ1) is 16.7. The van der Waals surface area contributed by atoms with E-state index in [2.05, 4.69) is 20.2 Å². The molecule has 0 aliphatic heterocycles. The zero-order valence-corrected chi connectivity index (χ0v) is 19.6. The first kappa shape index (κ1) is 24.1. The van der Waals surface area contributed by atoms with Crippen LogP contribution in [0.5, 0.6) is 0 Å². The molecule has 2 heterocycles. The van der Waals surface area contributed by atoms with Crippen molar-refractivity contribution in [3.8, 4) is 0 Å². The molecule has 5 rings (SSSR count). The van der Waals surface area contributed by atoms with Gasteiger partial charge in [-0.15, -0.1) is 0 Å². The summed E-state index contributed by atoms with van der Waals surface area (Å²) in [6.45, 7) is 0. The van der Waals surface area contributed by atoms with Crippen molar-refractivity contribution in [1.82, 2.24) is 19.5 Å². The summed E-state index contributed by atoms with van der Waals surface area (Å²) in [6.07, 6.45) is 12.2. The van der Waals surface area contributed by atoms with Gasteiger partial charge in [0.1, 0.15) is 17.6 Å². The molecule has 2 fully saturated rings. The van der Waals surface area contributed by atoms with E-state index in [1.807, 2.05) is 0 Å². The maximum absolute atomic E-state index is 14.3. The third-order valence-electron chi connectivity index (χ3n) is 6.79. The number of fused-ring (bicyclic) bond motifs is 1. The third-order valence-corrected chi connectivity index (χ3v) is 6.79. The van der Waals surface area contributed by atoms with Crippen LogP contribution in [0.4, 0.5) is 22.0 Å². The summed E-state index contributed by atoms with van der Waals surface area (Å²) in [5, 5.41) is 13.7. The monoisotopic (exact) mass is 468 g/mol. The molecule has 2 aliphatic carbocycles. The fraction of sp³-hybridized carbons (Fsp3) is 0.520. The number of nitrogens with one attached hydrogen (secondary N) is 2. The van der Waals surface area contributed by atoms with Crippen molar-refractivity contribution in [3.63, 3.8) is 0 Å². The second kappa shape index (κ2) is 11.4. The summed E-state index contributed by atoms with van der Waals surface area (Å²) < 4.78 is 16.4. The minimum Gasteiger partial charge on any atom is -0.400 e. The van der Waals surface area contributed by atoms with Crippen molar-refractivity contribution >= 4 is 35.0 Å². The number of carbonyl (C=O) groups is 1. The molecule has 1 aromatic carbocycles. The van der Waals surface area contributed by atoms with Gasteiger partial charge in [-0.25, -0.2) is 14.4 Å². The minimum absolute atomic E-state index is 0.113. The first-order valence-electron chi connectivity index (χ1n) is 12.1. The summed E-state index contributed by atoms with van der Waals surface area (Å²) in [7, 11) is 1.00. The lowest BCUT2D eigenvalue weighted by Gasteiger charge is -2.28. The Balaban J connectivity index is 0.00000133. The Morgan fingerprint density at radius 3 is 2.47 bits per heavy atom. The molecule has 2 aliphatic rings. The lowest BCUT2D eigenvalue weighted by Crippen LogP contribution is -2.24. The van der Waals surface area contributed by atoms with Crippen LogP contribution in [-0.2, 0) is 4.79 Å². The van der Waals surface area contributed by atoms with Crippen LogP contribution in [0, 0.1) is 11.7 Å². The number of aliphatic hydroxyl groups is 1. The molecule has 0 unspecified atom stereocenters. The van der Waals surface area contributed by atoms with Gasteiger partial charge in [-0.3, -0.25) is 4.57 Å². The number of hydrogen-bond acceptors (Lipinski definition) is 7. The van der Waals surface area contributed by atoms with Crippen LogP contribution < -0.4 is 10.6 Å². The number of hydrogen-bond donors (Lipinski definition) is 3. The number of aliphatic hydroxyl groups excluding tert-OH is 1. The van der Waals surface area contributed by atoms with Crippen LogP contribution in [0.2, 0.25) is 0 Å². The fourth-order valence-corrected chi connectivity index (χ4v) is 5.00. The van der Waals surface area contributed by atoms with Crippen LogP contribution in [0.15, 0.2) is 30.5 Å². The summed E-state index contributed by atoms with van der Waals surface area (Å²) in [5.41, 5.74) is 1.79. The Bertz CT molecular complexity index is 1090. The van der Waals surface area contributed by atoms with E-state index >= 15 is 0 Å². The van der Waals surface area contributed by atoms with Gasteiger partial charge in [0.05, 0.1) is 11.9 Å². The molecule has 9 heteroatoms. The van der Waals surface area contributed by atoms with Crippen molar-refractivity contribution < 1.29 is 14.3 Å². The van der Waals surface area contributed by atoms with Crippen LogP contribution in [-0.4, -0.2) is 44.1 Å². The second-order valence-electron chi connectivity index (χ2n) is 9.00. The number of rotatable bonds is 6. The molecule has 0 atom stereocenters. The highest BCUT2D eigenvalue weighted by molar-refractivity contribution is 5.76. The van der Waals surface area contributed by atoms with Crippen LogP contribution >= 0.6 is 0 Å². The van der Waals surface area contributed by atoms with Crippen molar-refractivity contribution in [1.29, 1.82) is 0 Å². The van der Waals surface area contributed by atoms with Crippen molar-refractivity contribution in [3.05, 3.63) is 36.3 Å². The summed E-state index contributed by atoms with van der Waals surface area (Å²) in [5.74, 6) is 0.956. The number of aromatic nitrogens is 4. The maximum Gasteiger partial charge on any atom is 0.224 e. The number of nitrogens with zero attached hydrogens (tertiary/aromatic N) is 4. The average Bonchev–Trinajstić information content (AvgIpc) is 3.24.